The number of benzene rings is 2. The third-order valence-electron chi connectivity index (χ3n) is 4.73. The lowest BCUT2D eigenvalue weighted by Gasteiger charge is -2.08. The molecular weight excluding hydrogens is 436 g/mol. The predicted molar refractivity (Wildman–Crippen MR) is 122 cm³/mol. The summed E-state index contributed by atoms with van der Waals surface area (Å²) < 4.78 is 38.4. The van der Waals surface area contributed by atoms with Crippen molar-refractivity contribution in [3.63, 3.8) is 0 Å². The highest BCUT2D eigenvalue weighted by atomic mass is 32.2. The highest BCUT2D eigenvalue weighted by Crippen LogP contribution is 2.33. The van der Waals surface area contributed by atoms with E-state index in [2.05, 4.69) is 11.6 Å². The van der Waals surface area contributed by atoms with Crippen LogP contribution in [0.2, 0.25) is 0 Å². The number of ether oxygens (including phenoxy) is 2. The fraction of sp³-hybridized carbons (Fsp3) is 0.273. The molecule has 3 aromatic rings. The van der Waals surface area contributed by atoms with Gasteiger partial charge < -0.3 is 14.0 Å². The Morgan fingerprint density at radius 1 is 1.19 bits per heavy atom. The van der Waals surface area contributed by atoms with Crippen molar-refractivity contribution >= 4 is 37.3 Å². The Hall–Kier alpha value is -2.91. The molecule has 1 heterocycles. The SMILES string of the molecule is C=CCn1c(=NC(=O)c2cccc(S(=O)(=O)C(C)C)c2)sc2cc(OC)c(OC)cc21. The van der Waals surface area contributed by atoms with E-state index in [-0.39, 0.29) is 10.5 Å². The molecule has 0 atom stereocenters. The van der Waals surface area contributed by atoms with Crippen LogP contribution in [0.5, 0.6) is 11.5 Å². The van der Waals surface area contributed by atoms with E-state index in [0.717, 1.165) is 10.2 Å². The fourth-order valence-electron chi connectivity index (χ4n) is 3.02. The molecule has 0 spiro atoms. The highest BCUT2D eigenvalue weighted by Gasteiger charge is 2.20. The first-order valence-electron chi connectivity index (χ1n) is 9.52. The van der Waals surface area contributed by atoms with Gasteiger partial charge in [0.2, 0.25) is 0 Å². The number of rotatable bonds is 7. The number of nitrogens with zero attached hydrogens (tertiary/aromatic N) is 2. The first-order chi connectivity index (χ1) is 14.7. The van der Waals surface area contributed by atoms with Gasteiger partial charge in [0.1, 0.15) is 0 Å². The lowest BCUT2D eigenvalue weighted by atomic mass is 10.2. The van der Waals surface area contributed by atoms with E-state index in [1.165, 1.54) is 23.5 Å². The zero-order valence-electron chi connectivity index (χ0n) is 17.8. The van der Waals surface area contributed by atoms with Crippen molar-refractivity contribution < 1.29 is 22.7 Å². The molecule has 0 aliphatic rings. The molecule has 31 heavy (non-hydrogen) atoms. The fourth-order valence-corrected chi connectivity index (χ4v) is 5.17. The quantitative estimate of drug-likeness (QED) is 0.500. The summed E-state index contributed by atoms with van der Waals surface area (Å²) in [5, 5.41) is -0.586. The standard InChI is InChI=1S/C22H24N2O5S2/c1-6-10-24-17-12-18(28-4)19(29-5)13-20(17)30-22(24)23-21(25)15-8-7-9-16(11-15)31(26,27)14(2)3/h6-9,11-14H,1,10H2,2-5H3. The van der Waals surface area contributed by atoms with E-state index >= 15 is 0 Å². The highest BCUT2D eigenvalue weighted by molar-refractivity contribution is 7.92. The van der Waals surface area contributed by atoms with Gasteiger partial charge in [0.25, 0.3) is 5.91 Å². The molecule has 3 rings (SSSR count). The Morgan fingerprint density at radius 2 is 1.87 bits per heavy atom. The van der Waals surface area contributed by atoms with E-state index in [1.807, 2.05) is 16.7 Å². The van der Waals surface area contributed by atoms with E-state index < -0.39 is 21.0 Å². The number of aromatic nitrogens is 1. The van der Waals surface area contributed by atoms with Crippen molar-refractivity contribution in [1.82, 2.24) is 4.57 Å². The van der Waals surface area contributed by atoms with Crippen molar-refractivity contribution in [2.45, 2.75) is 30.5 Å². The number of hydrogen-bond donors (Lipinski definition) is 0. The average molecular weight is 461 g/mol. The van der Waals surface area contributed by atoms with Crippen LogP contribution < -0.4 is 14.3 Å². The molecule has 7 nitrogen and oxygen atoms in total. The third kappa shape index (κ3) is 4.42. The number of carbonyl (C=O) groups excluding carboxylic acids is 1. The molecule has 0 radical (unpaired) electrons. The molecule has 0 fully saturated rings. The molecule has 0 unspecified atom stereocenters. The smallest absolute Gasteiger partial charge is 0.279 e. The van der Waals surface area contributed by atoms with E-state index in [9.17, 15) is 13.2 Å². The molecule has 1 amide bonds. The minimum Gasteiger partial charge on any atom is -0.493 e. The van der Waals surface area contributed by atoms with Gasteiger partial charge in [-0.25, -0.2) is 8.42 Å². The molecular formula is C22H24N2O5S2. The zero-order valence-corrected chi connectivity index (χ0v) is 19.4. The maximum atomic E-state index is 12.9. The van der Waals surface area contributed by atoms with Crippen LogP contribution in [0.4, 0.5) is 0 Å². The van der Waals surface area contributed by atoms with Crippen LogP contribution in [0.15, 0.2) is 58.9 Å². The summed E-state index contributed by atoms with van der Waals surface area (Å²) in [6.07, 6.45) is 1.71. The minimum atomic E-state index is -3.50. The molecule has 164 valence electrons. The number of thiazole rings is 1. The second kappa shape index (κ2) is 9.07. The molecule has 0 N–H and O–H groups in total. The Labute approximate surface area is 185 Å². The van der Waals surface area contributed by atoms with Gasteiger partial charge in [0, 0.05) is 24.2 Å². The Balaban J connectivity index is 2.15. The monoisotopic (exact) mass is 460 g/mol. The van der Waals surface area contributed by atoms with Crippen molar-refractivity contribution in [3.05, 3.63) is 59.4 Å². The summed E-state index contributed by atoms with van der Waals surface area (Å²) in [6, 6.07) is 9.63. The van der Waals surface area contributed by atoms with Crippen molar-refractivity contribution in [2.24, 2.45) is 4.99 Å². The van der Waals surface area contributed by atoms with Gasteiger partial charge >= 0.3 is 0 Å². The molecule has 0 aliphatic carbocycles. The number of allylic oxidation sites excluding steroid dienone is 1. The number of carbonyl (C=O) groups is 1. The maximum absolute atomic E-state index is 12.9. The summed E-state index contributed by atoms with van der Waals surface area (Å²) in [5.74, 6) is 0.616. The van der Waals surface area contributed by atoms with E-state index in [0.29, 0.717) is 22.8 Å². The second-order valence-electron chi connectivity index (χ2n) is 7.00. The lowest BCUT2D eigenvalue weighted by molar-refractivity contribution is 0.0997. The van der Waals surface area contributed by atoms with Crippen molar-refractivity contribution in [3.8, 4) is 11.5 Å². The molecule has 0 saturated heterocycles. The summed E-state index contributed by atoms with van der Waals surface area (Å²) in [5.41, 5.74) is 1.03. The van der Waals surface area contributed by atoms with Crippen LogP contribution in [0, 0.1) is 0 Å². The van der Waals surface area contributed by atoms with E-state index in [1.54, 1.807) is 46.3 Å². The van der Waals surface area contributed by atoms with Gasteiger partial charge in [-0.2, -0.15) is 4.99 Å². The van der Waals surface area contributed by atoms with Crippen molar-refractivity contribution in [1.29, 1.82) is 0 Å². The molecule has 1 aromatic heterocycles. The average Bonchev–Trinajstić information content (AvgIpc) is 3.08. The Kier molecular flexibility index (Phi) is 6.66. The number of sulfone groups is 1. The van der Waals surface area contributed by atoms with Gasteiger partial charge in [-0.3, -0.25) is 4.79 Å². The first-order valence-corrected chi connectivity index (χ1v) is 11.9. The second-order valence-corrected chi connectivity index (χ2v) is 10.5. The molecule has 0 bridgehead atoms. The van der Waals surface area contributed by atoms with Gasteiger partial charge in [0.15, 0.2) is 26.1 Å². The van der Waals surface area contributed by atoms with Crippen LogP contribution in [-0.4, -0.2) is 38.4 Å². The minimum absolute atomic E-state index is 0.105. The maximum Gasteiger partial charge on any atom is 0.279 e. The Bertz CT molecular complexity index is 1320. The van der Waals surface area contributed by atoms with Gasteiger partial charge in [-0.15, -0.1) is 6.58 Å². The molecule has 9 heteroatoms. The first kappa shape index (κ1) is 22.8. The number of methoxy groups -OCH3 is 2. The van der Waals surface area contributed by atoms with Gasteiger partial charge in [-0.05, 0) is 32.0 Å². The number of amides is 1. The van der Waals surface area contributed by atoms with Crippen LogP contribution in [-0.2, 0) is 16.4 Å². The largest absolute Gasteiger partial charge is 0.493 e. The van der Waals surface area contributed by atoms with Gasteiger partial charge in [0.05, 0.1) is 34.6 Å². The summed E-state index contributed by atoms with van der Waals surface area (Å²) >= 11 is 1.32. The van der Waals surface area contributed by atoms with Crippen LogP contribution >= 0.6 is 11.3 Å². The molecule has 0 aliphatic heterocycles. The van der Waals surface area contributed by atoms with E-state index in [4.69, 9.17) is 9.47 Å². The number of fused-ring (bicyclic) bond motifs is 1. The summed E-state index contributed by atoms with van der Waals surface area (Å²) in [4.78, 5) is 17.8. The predicted octanol–water partition coefficient (Wildman–Crippen LogP) is 3.83. The van der Waals surface area contributed by atoms with Crippen LogP contribution in [0.1, 0.15) is 24.2 Å². The number of hydrogen-bond acceptors (Lipinski definition) is 6. The molecule has 2 aromatic carbocycles. The summed E-state index contributed by atoms with van der Waals surface area (Å²) in [6.45, 7) is 7.43. The normalized spacial score (nSPS) is 12.4. The van der Waals surface area contributed by atoms with Crippen molar-refractivity contribution in [2.75, 3.05) is 14.2 Å². The molecule has 0 saturated carbocycles. The third-order valence-corrected chi connectivity index (χ3v) is 7.92. The summed E-state index contributed by atoms with van der Waals surface area (Å²) in [7, 11) is -0.382. The van der Waals surface area contributed by atoms with Crippen LogP contribution in [0.25, 0.3) is 10.2 Å². The lowest BCUT2D eigenvalue weighted by Crippen LogP contribution is -2.17. The Morgan fingerprint density at radius 3 is 2.48 bits per heavy atom. The van der Waals surface area contributed by atoms with Crippen LogP contribution in [0.3, 0.4) is 0 Å². The van der Waals surface area contributed by atoms with Gasteiger partial charge in [-0.1, -0.05) is 23.5 Å². The zero-order chi connectivity index (χ0) is 22.8. The topological polar surface area (TPSA) is 87.0 Å².